The zero-order valence-corrected chi connectivity index (χ0v) is 15.5. The highest BCUT2D eigenvalue weighted by atomic mass is 79.9. The van der Waals surface area contributed by atoms with Gasteiger partial charge in [0.15, 0.2) is 5.69 Å². The van der Waals surface area contributed by atoms with Gasteiger partial charge in [-0.1, -0.05) is 27.5 Å². The minimum absolute atomic E-state index is 0.0228. The van der Waals surface area contributed by atoms with Crippen LogP contribution in [0.25, 0.3) is 0 Å². The molecule has 0 spiro atoms. The summed E-state index contributed by atoms with van der Waals surface area (Å²) in [6.45, 7) is 1.70. The second kappa shape index (κ2) is 7.79. The molecule has 0 aliphatic carbocycles. The maximum absolute atomic E-state index is 12.3. The van der Waals surface area contributed by atoms with E-state index in [0.29, 0.717) is 11.5 Å². The van der Waals surface area contributed by atoms with Gasteiger partial charge in [0.2, 0.25) is 5.95 Å². The molecule has 2 heterocycles. The van der Waals surface area contributed by atoms with Gasteiger partial charge in [-0.2, -0.15) is 0 Å². The lowest BCUT2D eigenvalue weighted by Gasteiger charge is -2.16. The van der Waals surface area contributed by atoms with Crippen molar-refractivity contribution in [1.29, 1.82) is 0 Å². The highest BCUT2D eigenvalue weighted by molar-refractivity contribution is 9.10. The summed E-state index contributed by atoms with van der Waals surface area (Å²) in [5.41, 5.74) is 5.11. The Balaban J connectivity index is 1.67. The number of hydrazine groups is 1. The van der Waals surface area contributed by atoms with Gasteiger partial charge < -0.3 is 4.90 Å². The first kappa shape index (κ1) is 17.6. The summed E-state index contributed by atoms with van der Waals surface area (Å²) in [6, 6.07) is 6.74. The topological polar surface area (TPSA) is 87.2 Å². The van der Waals surface area contributed by atoms with E-state index < -0.39 is 11.8 Å². The molecule has 2 N–H and O–H groups in total. The third-order valence-corrected chi connectivity index (χ3v) is 4.54. The van der Waals surface area contributed by atoms with E-state index in [0.717, 1.165) is 30.4 Å². The van der Waals surface area contributed by atoms with Crippen LogP contribution in [0.1, 0.15) is 33.7 Å². The fraction of sp³-hybridized carbons (Fsp3) is 0.250. The number of benzene rings is 1. The molecule has 0 unspecified atom stereocenters. The maximum Gasteiger partial charge on any atom is 0.290 e. The van der Waals surface area contributed by atoms with E-state index in [2.05, 4.69) is 36.7 Å². The lowest BCUT2D eigenvalue weighted by molar-refractivity contribution is 0.0844. The summed E-state index contributed by atoms with van der Waals surface area (Å²) in [5.74, 6) is -0.574. The van der Waals surface area contributed by atoms with E-state index in [1.54, 1.807) is 24.3 Å². The normalized spacial score (nSPS) is 13.6. The molecular weight excluding hydrogens is 410 g/mol. The first-order valence-corrected chi connectivity index (χ1v) is 8.85. The Morgan fingerprint density at radius 1 is 1.08 bits per heavy atom. The summed E-state index contributed by atoms with van der Waals surface area (Å²) in [6.07, 6.45) is 3.53. The van der Waals surface area contributed by atoms with Gasteiger partial charge in [0.05, 0.1) is 11.2 Å². The fourth-order valence-electron chi connectivity index (χ4n) is 2.43. The molecule has 0 radical (unpaired) electrons. The van der Waals surface area contributed by atoms with Crippen LogP contribution in [0, 0.1) is 0 Å². The number of hydrogen-bond donors (Lipinski definition) is 2. The zero-order valence-electron chi connectivity index (χ0n) is 13.1. The maximum atomic E-state index is 12.3. The first-order chi connectivity index (χ1) is 12.0. The molecule has 3 rings (SSSR count). The highest BCUT2D eigenvalue weighted by Gasteiger charge is 2.20. The quantitative estimate of drug-likeness (QED) is 0.740. The molecule has 7 nitrogen and oxygen atoms in total. The van der Waals surface area contributed by atoms with Gasteiger partial charge in [-0.3, -0.25) is 20.4 Å². The lowest BCUT2D eigenvalue weighted by atomic mass is 10.2. The average Bonchev–Trinajstić information content (AvgIpc) is 3.15. The Morgan fingerprint density at radius 2 is 1.72 bits per heavy atom. The lowest BCUT2D eigenvalue weighted by Crippen LogP contribution is -2.42. The molecular formula is C16H15BrClN5O2. The van der Waals surface area contributed by atoms with Crippen LogP contribution in [0.2, 0.25) is 5.02 Å². The Morgan fingerprint density at radius 3 is 2.40 bits per heavy atom. The van der Waals surface area contributed by atoms with Crippen LogP contribution in [-0.2, 0) is 0 Å². The summed E-state index contributed by atoms with van der Waals surface area (Å²) in [5, 5.41) is 0.123. The zero-order chi connectivity index (χ0) is 17.8. The number of rotatable bonds is 3. The van der Waals surface area contributed by atoms with Gasteiger partial charge in [-0.15, -0.1) is 0 Å². The predicted octanol–water partition coefficient (Wildman–Crippen LogP) is 2.57. The smallest absolute Gasteiger partial charge is 0.290 e. The van der Waals surface area contributed by atoms with Gasteiger partial charge in [0, 0.05) is 23.1 Å². The standard InChI is InChI=1S/C16H15BrClN5O2/c17-11-5-3-10(4-6-11)14(24)21-22-15(25)13-12(18)9-19-16(20-13)23-7-1-2-8-23/h3-6,9H,1-2,7-8H2,(H,21,24)(H,22,25). The predicted molar refractivity (Wildman–Crippen MR) is 97.6 cm³/mol. The van der Waals surface area contributed by atoms with Crippen molar-refractivity contribution >= 4 is 45.3 Å². The van der Waals surface area contributed by atoms with Gasteiger partial charge in [0.25, 0.3) is 11.8 Å². The van der Waals surface area contributed by atoms with Gasteiger partial charge in [0.1, 0.15) is 0 Å². The van der Waals surface area contributed by atoms with Crippen molar-refractivity contribution in [1.82, 2.24) is 20.8 Å². The number of amides is 2. The molecule has 0 bridgehead atoms. The van der Waals surface area contributed by atoms with Crippen molar-refractivity contribution in [2.24, 2.45) is 0 Å². The number of carbonyl (C=O) groups is 2. The van der Waals surface area contributed by atoms with E-state index >= 15 is 0 Å². The molecule has 2 amide bonds. The van der Waals surface area contributed by atoms with Crippen LogP contribution in [0.4, 0.5) is 5.95 Å². The number of hydrogen-bond acceptors (Lipinski definition) is 5. The van der Waals surface area contributed by atoms with Crippen LogP contribution >= 0.6 is 27.5 Å². The summed E-state index contributed by atoms with van der Waals surface area (Å²) in [4.78, 5) is 34.7. The summed E-state index contributed by atoms with van der Waals surface area (Å²) in [7, 11) is 0. The van der Waals surface area contributed by atoms with Crippen molar-refractivity contribution in [2.75, 3.05) is 18.0 Å². The second-order valence-electron chi connectivity index (χ2n) is 5.48. The van der Waals surface area contributed by atoms with Crippen molar-refractivity contribution in [2.45, 2.75) is 12.8 Å². The molecule has 9 heteroatoms. The molecule has 1 fully saturated rings. The van der Waals surface area contributed by atoms with Crippen LogP contribution in [-0.4, -0.2) is 34.9 Å². The number of anilines is 1. The summed E-state index contributed by atoms with van der Waals surface area (Å²) < 4.78 is 0.857. The minimum Gasteiger partial charge on any atom is -0.341 e. The summed E-state index contributed by atoms with van der Waals surface area (Å²) >= 11 is 9.32. The molecule has 1 saturated heterocycles. The van der Waals surface area contributed by atoms with Gasteiger partial charge >= 0.3 is 0 Å². The van der Waals surface area contributed by atoms with E-state index in [4.69, 9.17) is 11.6 Å². The Labute approximate surface area is 157 Å². The van der Waals surface area contributed by atoms with E-state index in [9.17, 15) is 9.59 Å². The molecule has 2 aromatic rings. The van der Waals surface area contributed by atoms with E-state index in [-0.39, 0.29) is 10.7 Å². The van der Waals surface area contributed by atoms with E-state index in [1.165, 1.54) is 6.20 Å². The third kappa shape index (κ3) is 4.26. The van der Waals surface area contributed by atoms with Crippen LogP contribution < -0.4 is 15.8 Å². The molecule has 1 aromatic carbocycles. The number of nitrogens with one attached hydrogen (secondary N) is 2. The number of nitrogens with zero attached hydrogens (tertiary/aromatic N) is 3. The molecule has 1 aliphatic rings. The van der Waals surface area contributed by atoms with Crippen LogP contribution in [0.5, 0.6) is 0 Å². The van der Waals surface area contributed by atoms with E-state index in [1.807, 2.05) is 4.90 Å². The van der Waals surface area contributed by atoms with Gasteiger partial charge in [-0.25, -0.2) is 9.97 Å². The Hall–Kier alpha value is -2.19. The van der Waals surface area contributed by atoms with Crippen LogP contribution in [0.15, 0.2) is 34.9 Å². The van der Waals surface area contributed by atoms with Crippen molar-refractivity contribution in [3.05, 3.63) is 51.2 Å². The fourth-order valence-corrected chi connectivity index (χ4v) is 2.87. The number of aromatic nitrogens is 2. The average molecular weight is 425 g/mol. The molecule has 1 aromatic heterocycles. The molecule has 1 aliphatic heterocycles. The molecule has 130 valence electrons. The van der Waals surface area contributed by atoms with Crippen molar-refractivity contribution < 1.29 is 9.59 Å². The van der Waals surface area contributed by atoms with Crippen LogP contribution in [0.3, 0.4) is 0 Å². The monoisotopic (exact) mass is 423 g/mol. The van der Waals surface area contributed by atoms with Gasteiger partial charge in [-0.05, 0) is 37.1 Å². The van der Waals surface area contributed by atoms with Crippen molar-refractivity contribution in [3.8, 4) is 0 Å². The molecule has 0 atom stereocenters. The molecule has 25 heavy (non-hydrogen) atoms. The third-order valence-electron chi connectivity index (χ3n) is 3.73. The second-order valence-corrected chi connectivity index (χ2v) is 6.80. The largest absolute Gasteiger partial charge is 0.341 e. The molecule has 0 saturated carbocycles. The first-order valence-electron chi connectivity index (χ1n) is 7.68. The SMILES string of the molecule is O=C(NNC(=O)c1nc(N2CCCC2)ncc1Cl)c1ccc(Br)cc1. The minimum atomic E-state index is -0.599. The van der Waals surface area contributed by atoms with Crippen molar-refractivity contribution in [3.63, 3.8) is 0 Å². The number of carbonyl (C=O) groups excluding carboxylic acids is 2. The number of halogens is 2. The Kier molecular flexibility index (Phi) is 5.50. The Bertz CT molecular complexity index is 794. The highest BCUT2D eigenvalue weighted by Crippen LogP contribution is 2.19.